The number of hydrogen-bond donors (Lipinski definition) is 3. The lowest BCUT2D eigenvalue weighted by Crippen LogP contribution is -2.23. The number of carbonyl (C=O) groups excluding carboxylic acids is 2. The van der Waals surface area contributed by atoms with E-state index in [4.69, 9.17) is 10.7 Å². The monoisotopic (exact) mass is 475 g/mol. The highest BCUT2D eigenvalue weighted by Crippen LogP contribution is 2.17. The van der Waals surface area contributed by atoms with E-state index in [-0.39, 0.29) is 21.6 Å². The van der Waals surface area contributed by atoms with E-state index in [1.807, 2.05) is 0 Å². The molecule has 30 heavy (non-hydrogen) atoms. The molecule has 0 aliphatic rings. The standard InChI is InChI=1S/C10H14N2O3S.C8H8ClNO3S/c1-3-11-16(14,15)10-6-4-9(5-7-10)12-8(2)13;1-6(11)10-7-2-4-8(5-3-7)14(9,12)13/h4-7,11H,3H2,1-2H3,(H,12,13);2-5H,1H3,(H,10,11). The van der Waals surface area contributed by atoms with Gasteiger partial charge in [-0.05, 0) is 48.5 Å². The van der Waals surface area contributed by atoms with Crippen LogP contribution in [-0.4, -0.2) is 35.2 Å². The van der Waals surface area contributed by atoms with Crippen LogP contribution in [0, 0.1) is 0 Å². The predicted molar refractivity (Wildman–Crippen MR) is 115 cm³/mol. The molecular weight excluding hydrogens is 454 g/mol. The molecule has 0 aliphatic carbocycles. The van der Waals surface area contributed by atoms with Gasteiger partial charge in [0.2, 0.25) is 21.8 Å². The summed E-state index contributed by atoms with van der Waals surface area (Å²) in [5, 5.41) is 5.07. The minimum Gasteiger partial charge on any atom is -0.326 e. The first-order valence-corrected chi connectivity index (χ1v) is 12.3. The molecule has 3 N–H and O–H groups in total. The van der Waals surface area contributed by atoms with Crippen LogP contribution < -0.4 is 15.4 Å². The van der Waals surface area contributed by atoms with Crippen LogP contribution >= 0.6 is 10.7 Å². The molecule has 0 bridgehead atoms. The zero-order valence-corrected chi connectivity index (χ0v) is 18.9. The number of anilines is 2. The Morgan fingerprint density at radius 2 is 1.13 bits per heavy atom. The largest absolute Gasteiger partial charge is 0.326 e. The third kappa shape index (κ3) is 8.91. The smallest absolute Gasteiger partial charge is 0.261 e. The van der Waals surface area contributed by atoms with E-state index in [2.05, 4.69) is 15.4 Å². The van der Waals surface area contributed by atoms with Crippen molar-refractivity contribution in [2.45, 2.75) is 30.6 Å². The Morgan fingerprint density at radius 1 is 0.767 bits per heavy atom. The van der Waals surface area contributed by atoms with E-state index in [0.717, 1.165) is 0 Å². The van der Waals surface area contributed by atoms with Gasteiger partial charge >= 0.3 is 0 Å². The Labute approximate surface area is 180 Å². The molecule has 0 atom stereocenters. The maximum Gasteiger partial charge on any atom is 0.261 e. The van der Waals surface area contributed by atoms with Gasteiger partial charge in [0.05, 0.1) is 9.79 Å². The first-order valence-electron chi connectivity index (χ1n) is 8.54. The lowest BCUT2D eigenvalue weighted by molar-refractivity contribution is -0.115. The summed E-state index contributed by atoms with van der Waals surface area (Å²) in [6.45, 7) is 4.81. The third-order valence-electron chi connectivity index (χ3n) is 3.28. The second kappa shape index (κ2) is 11.1. The fraction of sp³-hybridized carbons (Fsp3) is 0.222. The van der Waals surface area contributed by atoms with E-state index in [9.17, 15) is 26.4 Å². The molecule has 2 aromatic carbocycles. The summed E-state index contributed by atoms with van der Waals surface area (Å²) in [5.41, 5.74) is 1.10. The highest BCUT2D eigenvalue weighted by molar-refractivity contribution is 8.13. The fourth-order valence-electron chi connectivity index (χ4n) is 2.10. The summed E-state index contributed by atoms with van der Waals surface area (Å²) in [7, 11) is -2.01. The number of sulfonamides is 1. The molecule has 0 saturated heterocycles. The Balaban J connectivity index is 0.000000303. The van der Waals surface area contributed by atoms with Gasteiger partial charge in [-0.25, -0.2) is 21.6 Å². The molecule has 0 unspecified atom stereocenters. The quantitative estimate of drug-likeness (QED) is 0.548. The van der Waals surface area contributed by atoms with Crippen molar-refractivity contribution >= 4 is 52.9 Å². The van der Waals surface area contributed by atoms with E-state index < -0.39 is 19.1 Å². The summed E-state index contributed by atoms with van der Waals surface area (Å²) in [6, 6.07) is 11.6. The van der Waals surface area contributed by atoms with Gasteiger partial charge in [-0.3, -0.25) is 9.59 Å². The van der Waals surface area contributed by atoms with Crippen molar-refractivity contribution < 1.29 is 26.4 Å². The zero-order valence-electron chi connectivity index (χ0n) is 16.5. The molecular formula is C18H22ClN3O6S2. The zero-order chi connectivity index (χ0) is 22.9. The molecule has 2 amide bonds. The van der Waals surface area contributed by atoms with Gasteiger partial charge in [0, 0.05) is 42.4 Å². The lowest BCUT2D eigenvalue weighted by atomic mass is 10.3. The second-order valence-electron chi connectivity index (χ2n) is 5.85. The van der Waals surface area contributed by atoms with Crippen molar-refractivity contribution in [1.82, 2.24) is 4.72 Å². The molecule has 0 aliphatic heterocycles. The van der Waals surface area contributed by atoms with Crippen molar-refractivity contribution in [3.63, 3.8) is 0 Å². The minimum atomic E-state index is -3.69. The van der Waals surface area contributed by atoms with Gasteiger partial charge in [0.15, 0.2) is 0 Å². The number of rotatable bonds is 6. The van der Waals surface area contributed by atoms with Gasteiger partial charge in [-0.2, -0.15) is 0 Å². The molecule has 2 rings (SSSR count). The average molecular weight is 476 g/mol. The number of carbonyl (C=O) groups is 2. The minimum absolute atomic E-state index is 0.00766. The highest BCUT2D eigenvalue weighted by Gasteiger charge is 2.12. The van der Waals surface area contributed by atoms with Crippen LogP contribution in [0.1, 0.15) is 20.8 Å². The van der Waals surface area contributed by atoms with Crippen LogP contribution in [-0.2, 0) is 28.7 Å². The molecule has 0 radical (unpaired) electrons. The summed E-state index contributed by atoms with van der Waals surface area (Å²) < 4.78 is 47.2. The fourth-order valence-corrected chi connectivity index (χ4v) is 3.91. The number of nitrogens with one attached hydrogen (secondary N) is 3. The lowest BCUT2D eigenvalue weighted by Gasteiger charge is -2.06. The topological polar surface area (TPSA) is 139 Å². The van der Waals surface area contributed by atoms with Crippen molar-refractivity contribution in [2.24, 2.45) is 0 Å². The molecule has 0 spiro atoms. The van der Waals surface area contributed by atoms with E-state index >= 15 is 0 Å². The molecule has 12 heteroatoms. The van der Waals surface area contributed by atoms with Crippen molar-refractivity contribution in [1.29, 1.82) is 0 Å². The van der Waals surface area contributed by atoms with Gasteiger partial charge in [0.25, 0.3) is 9.05 Å². The van der Waals surface area contributed by atoms with Crippen molar-refractivity contribution in [2.75, 3.05) is 17.2 Å². The van der Waals surface area contributed by atoms with Crippen LogP contribution in [0.2, 0.25) is 0 Å². The van der Waals surface area contributed by atoms with Gasteiger partial charge in [-0.15, -0.1) is 0 Å². The SMILES string of the molecule is CC(=O)Nc1ccc(S(=O)(=O)Cl)cc1.CCNS(=O)(=O)c1ccc(NC(C)=O)cc1. The summed E-state index contributed by atoms with van der Waals surface area (Å²) in [5.74, 6) is -0.409. The molecule has 0 fully saturated rings. The van der Waals surface area contributed by atoms with Crippen LogP contribution in [0.4, 0.5) is 11.4 Å². The summed E-state index contributed by atoms with van der Waals surface area (Å²) in [6.07, 6.45) is 0. The average Bonchev–Trinajstić information content (AvgIpc) is 2.61. The molecule has 0 heterocycles. The number of hydrogen-bond acceptors (Lipinski definition) is 6. The highest BCUT2D eigenvalue weighted by atomic mass is 35.7. The van der Waals surface area contributed by atoms with Crippen LogP contribution in [0.15, 0.2) is 58.3 Å². The summed E-state index contributed by atoms with van der Waals surface area (Å²) >= 11 is 0. The van der Waals surface area contributed by atoms with E-state index in [0.29, 0.717) is 17.9 Å². The molecule has 9 nitrogen and oxygen atoms in total. The van der Waals surface area contributed by atoms with Crippen LogP contribution in [0.5, 0.6) is 0 Å². The first-order chi connectivity index (χ1) is 13.8. The van der Waals surface area contributed by atoms with Gasteiger partial charge in [0.1, 0.15) is 0 Å². The predicted octanol–water partition coefficient (Wildman–Crippen LogP) is 2.52. The van der Waals surface area contributed by atoms with Crippen molar-refractivity contribution in [3.8, 4) is 0 Å². The second-order valence-corrected chi connectivity index (χ2v) is 10.2. The molecule has 0 saturated carbocycles. The maximum absolute atomic E-state index is 11.6. The van der Waals surface area contributed by atoms with Gasteiger partial charge in [-0.1, -0.05) is 6.92 Å². The van der Waals surface area contributed by atoms with E-state index in [1.165, 1.54) is 50.2 Å². The summed E-state index contributed by atoms with van der Waals surface area (Å²) in [4.78, 5) is 21.6. The number of benzene rings is 2. The van der Waals surface area contributed by atoms with Crippen LogP contribution in [0.3, 0.4) is 0 Å². The van der Waals surface area contributed by atoms with E-state index in [1.54, 1.807) is 19.1 Å². The van der Waals surface area contributed by atoms with Crippen LogP contribution in [0.25, 0.3) is 0 Å². The molecule has 0 aromatic heterocycles. The Kier molecular flexibility index (Phi) is 9.43. The number of amides is 2. The third-order valence-corrected chi connectivity index (χ3v) is 6.21. The van der Waals surface area contributed by atoms with Crippen molar-refractivity contribution in [3.05, 3.63) is 48.5 Å². The molecule has 2 aromatic rings. The number of halogens is 1. The maximum atomic E-state index is 11.6. The molecule has 164 valence electrons. The Morgan fingerprint density at radius 3 is 1.43 bits per heavy atom. The first kappa shape index (κ1) is 25.6. The Bertz CT molecular complexity index is 1080. The van der Waals surface area contributed by atoms with Gasteiger partial charge < -0.3 is 10.6 Å². The normalized spacial score (nSPS) is 11.1. The Hall–Kier alpha value is -2.47.